The maximum absolute atomic E-state index is 13.1. The molecule has 0 aliphatic heterocycles. The molecule has 3 aromatic carbocycles. The van der Waals surface area contributed by atoms with Gasteiger partial charge in [0.2, 0.25) is 0 Å². The molecule has 0 aliphatic carbocycles. The minimum absolute atomic E-state index is 0.197. The number of anilines is 1. The van der Waals surface area contributed by atoms with Crippen LogP contribution >= 0.6 is 0 Å². The Hall–Kier alpha value is -3.71. The molecule has 6 nitrogen and oxygen atoms in total. The van der Waals surface area contributed by atoms with Crippen molar-refractivity contribution in [3.8, 4) is 16.9 Å². The van der Waals surface area contributed by atoms with Crippen molar-refractivity contribution in [2.75, 3.05) is 11.6 Å². The zero-order valence-electron chi connectivity index (χ0n) is 17.1. The van der Waals surface area contributed by atoms with Crippen molar-refractivity contribution in [1.29, 1.82) is 0 Å². The fraction of sp³-hybridized carbons (Fsp3) is 0.0833. The van der Waals surface area contributed by atoms with Gasteiger partial charge in [-0.3, -0.25) is 4.79 Å². The first kappa shape index (κ1) is 20.6. The average molecular weight is 432 g/mol. The molecule has 4 aromatic rings. The zero-order chi connectivity index (χ0) is 22.0. The Bertz CT molecular complexity index is 1330. The number of sulfone groups is 1. The molecule has 156 valence electrons. The quantitative estimate of drug-likeness (QED) is 0.504. The Morgan fingerprint density at radius 2 is 1.55 bits per heavy atom. The number of rotatable bonds is 5. The van der Waals surface area contributed by atoms with Crippen LogP contribution in [0.4, 0.5) is 5.69 Å². The van der Waals surface area contributed by atoms with Crippen LogP contribution < -0.4 is 5.32 Å². The molecule has 0 radical (unpaired) electrons. The van der Waals surface area contributed by atoms with E-state index in [4.69, 9.17) is 0 Å². The molecular formula is C24H21N3O3S. The predicted molar refractivity (Wildman–Crippen MR) is 121 cm³/mol. The first-order valence-corrected chi connectivity index (χ1v) is 11.5. The summed E-state index contributed by atoms with van der Waals surface area (Å²) in [6, 6.07) is 23.5. The minimum Gasteiger partial charge on any atom is -0.322 e. The lowest BCUT2D eigenvalue weighted by Gasteiger charge is -2.06. The summed E-state index contributed by atoms with van der Waals surface area (Å²) >= 11 is 0. The molecular weight excluding hydrogens is 410 g/mol. The Morgan fingerprint density at radius 3 is 2.16 bits per heavy atom. The highest BCUT2D eigenvalue weighted by Crippen LogP contribution is 2.25. The number of amides is 1. The van der Waals surface area contributed by atoms with E-state index >= 15 is 0 Å². The van der Waals surface area contributed by atoms with Gasteiger partial charge in [-0.25, -0.2) is 13.1 Å². The van der Waals surface area contributed by atoms with Crippen LogP contribution in [0.1, 0.15) is 15.9 Å². The standard InChI is InChI=1S/C24H21N3O3S/c1-17-8-10-18(11-9-17)23-22(16-27(26-23)20-6-4-3-5-7-20)24(28)25-19-12-14-21(15-13-19)31(2,29)30/h3-16H,1-2H3,(H,25,28). The van der Waals surface area contributed by atoms with Gasteiger partial charge in [0.25, 0.3) is 5.91 Å². The van der Waals surface area contributed by atoms with Gasteiger partial charge in [-0.05, 0) is 43.3 Å². The summed E-state index contributed by atoms with van der Waals surface area (Å²) in [5.41, 5.74) is 4.27. The van der Waals surface area contributed by atoms with Crippen LogP contribution in [-0.2, 0) is 9.84 Å². The number of para-hydroxylation sites is 1. The predicted octanol–water partition coefficient (Wildman–Crippen LogP) is 4.50. The summed E-state index contributed by atoms with van der Waals surface area (Å²) in [5.74, 6) is -0.329. The smallest absolute Gasteiger partial charge is 0.259 e. The van der Waals surface area contributed by atoms with Gasteiger partial charge >= 0.3 is 0 Å². The molecule has 1 N–H and O–H groups in total. The Balaban J connectivity index is 1.71. The molecule has 0 unspecified atom stereocenters. The molecule has 0 atom stereocenters. The van der Waals surface area contributed by atoms with Crippen molar-refractivity contribution in [1.82, 2.24) is 9.78 Å². The second kappa shape index (κ2) is 8.20. The number of carbonyl (C=O) groups excluding carboxylic acids is 1. The zero-order valence-corrected chi connectivity index (χ0v) is 17.9. The lowest BCUT2D eigenvalue weighted by atomic mass is 10.1. The summed E-state index contributed by atoms with van der Waals surface area (Å²) in [6.45, 7) is 2.00. The molecule has 1 amide bonds. The second-order valence-electron chi connectivity index (χ2n) is 7.29. The van der Waals surface area contributed by atoms with E-state index in [1.165, 1.54) is 12.1 Å². The van der Waals surface area contributed by atoms with Gasteiger partial charge < -0.3 is 5.32 Å². The normalized spacial score (nSPS) is 11.3. The number of carbonyl (C=O) groups is 1. The van der Waals surface area contributed by atoms with Crippen molar-refractivity contribution < 1.29 is 13.2 Å². The molecule has 0 bridgehead atoms. The highest BCUT2D eigenvalue weighted by atomic mass is 32.2. The fourth-order valence-corrected chi connectivity index (χ4v) is 3.79. The number of nitrogens with zero attached hydrogens (tertiary/aromatic N) is 2. The van der Waals surface area contributed by atoms with E-state index in [1.54, 1.807) is 23.0 Å². The first-order chi connectivity index (χ1) is 14.8. The van der Waals surface area contributed by atoms with Crippen molar-refractivity contribution >= 4 is 21.4 Å². The van der Waals surface area contributed by atoms with Crippen LogP contribution in [0.2, 0.25) is 0 Å². The van der Waals surface area contributed by atoms with Crippen LogP contribution in [0.25, 0.3) is 16.9 Å². The summed E-state index contributed by atoms with van der Waals surface area (Å²) < 4.78 is 25.0. The van der Waals surface area contributed by atoms with Crippen LogP contribution in [0.3, 0.4) is 0 Å². The number of hydrogen-bond acceptors (Lipinski definition) is 4. The highest BCUT2D eigenvalue weighted by Gasteiger charge is 2.19. The maximum Gasteiger partial charge on any atom is 0.259 e. The van der Waals surface area contributed by atoms with Gasteiger partial charge in [-0.15, -0.1) is 0 Å². The van der Waals surface area contributed by atoms with E-state index < -0.39 is 9.84 Å². The van der Waals surface area contributed by atoms with Gasteiger partial charge in [0.15, 0.2) is 9.84 Å². The number of benzene rings is 3. The van der Waals surface area contributed by atoms with Crippen LogP contribution in [0.15, 0.2) is 90.0 Å². The van der Waals surface area contributed by atoms with Gasteiger partial charge in [0.1, 0.15) is 5.69 Å². The molecule has 7 heteroatoms. The largest absolute Gasteiger partial charge is 0.322 e. The topological polar surface area (TPSA) is 81.1 Å². The van der Waals surface area contributed by atoms with E-state index in [1.807, 2.05) is 61.5 Å². The maximum atomic E-state index is 13.1. The Kier molecular flexibility index (Phi) is 5.44. The number of aromatic nitrogens is 2. The molecule has 4 rings (SSSR count). The van der Waals surface area contributed by atoms with Crippen molar-refractivity contribution in [2.24, 2.45) is 0 Å². The third-order valence-corrected chi connectivity index (χ3v) is 5.97. The van der Waals surface area contributed by atoms with Crippen LogP contribution in [0, 0.1) is 6.92 Å². The highest BCUT2D eigenvalue weighted by molar-refractivity contribution is 7.90. The second-order valence-corrected chi connectivity index (χ2v) is 9.30. The molecule has 0 spiro atoms. The summed E-state index contributed by atoms with van der Waals surface area (Å²) in [5, 5.41) is 7.50. The summed E-state index contributed by atoms with van der Waals surface area (Å²) in [6.07, 6.45) is 2.84. The van der Waals surface area contributed by atoms with Crippen molar-refractivity contribution in [3.05, 3.63) is 96.2 Å². The SMILES string of the molecule is Cc1ccc(-c2nn(-c3ccccc3)cc2C(=O)Nc2ccc(S(C)(=O)=O)cc2)cc1. The van der Waals surface area contributed by atoms with Gasteiger partial charge in [0.05, 0.1) is 16.1 Å². The molecule has 0 aliphatic rings. The van der Waals surface area contributed by atoms with Gasteiger partial charge in [-0.1, -0.05) is 48.0 Å². The first-order valence-electron chi connectivity index (χ1n) is 9.65. The molecule has 0 saturated heterocycles. The molecule has 1 aromatic heterocycles. The lowest BCUT2D eigenvalue weighted by Crippen LogP contribution is -2.12. The summed E-state index contributed by atoms with van der Waals surface area (Å²) in [7, 11) is -3.30. The van der Waals surface area contributed by atoms with Crippen molar-refractivity contribution in [3.63, 3.8) is 0 Å². The minimum atomic E-state index is -3.30. The monoisotopic (exact) mass is 431 g/mol. The summed E-state index contributed by atoms with van der Waals surface area (Å²) in [4.78, 5) is 13.3. The van der Waals surface area contributed by atoms with E-state index in [9.17, 15) is 13.2 Å². The molecule has 31 heavy (non-hydrogen) atoms. The number of nitrogens with one attached hydrogen (secondary N) is 1. The van der Waals surface area contributed by atoms with E-state index in [0.717, 1.165) is 23.1 Å². The third-order valence-electron chi connectivity index (χ3n) is 4.84. The molecule has 0 saturated carbocycles. The number of hydrogen-bond donors (Lipinski definition) is 1. The van der Waals surface area contributed by atoms with Gasteiger partial charge in [0, 0.05) is 23.7 Å². The van der Waals surface area contributed by atoms with E-state index in [2.05, 4.69) is 10.4 Å². The van der Waals surface area contributed by atoms with Gasteiger partial charge in [-0.2, -0.15) is 5.10 Å². The van der Waals surface area contributed by atoms with Crippen LogP contribution in [-0.4, -0.2) is 30.4 Å². The Morgan fingerprint density at radius 1 is 0.903 bits per heavy atom. The molecule has 0 fully saturated rings. The van der Waals surface area contributed by atoms with Crippen LogP contribution in [0.5, 0.6) is 0 Å². The lowest BCUT2D eigenvalue weighted by molar-refractivity contribution is 0.102. The fourth-order valence-electron chi connectivity index (χ4n) is 3.16. The molecule has 1 heterocycles. The van der Waals surface area contributed by atoms with Crippen molar-refractivity contribution in [2.45, 2.75) is 11.8 Å². The Labute approximate surface area is 181 Å². The third kappa shape index (κ3) is 4.57. The average Bonchev–Trinajstić information content (AvgIpc) is 3.20. The van der Waals surface area contributed by atoms with E-state index in [0.29, 0.717) is 16.9 Å². The van der Waals surface area contributed by atoms with E-state index in [-0.39, 0.29) is 10.8 Å². The number of aryl methyl sites for hydroxylation is 1.